The van der Waals surface area contributed by atoms with E-state index >= 15 is 0 Å². The van der Waals surface area contributed by atoms with Crippen molar-refractivity contribution in [2.45, 2.75) is 164 Å². The van der Waals surface area contributed by atoms with Gasteiger partial charge in [-0.3, -0.25) is 0 Å². The zero-order valence-corrected chi connectivity index (χ0v) is 20.8. The van der Waals surface area contributed by atoms with Crippen LogP contribution in [0.5, 0.6) is 0 Å². The van der Waals surface area contributed by atoms with Crippen LogP contribution in [0.2, 0.25) is 0 Å². The zero-order valence-electron chi connectivity index (χ0n) is 20.8. The summed E-state index contributed by atoms with van der Waals surface area (Å²) in [5.74, 6) is 0. The average molecular weight is 469 g/mol. The van der Waals surface area contributed by atoms with Crippen molar-refractivity contribution in [3.8, 4) is 0 Å². The summed E-state index contributed by atoms with van der Waals surface area (Å²) in [7, 11) is 0. The van der Waals surface area contributed by atoms with Crippen LogP contribution in [0.3, 0.4) is 0 Å². The third kappa shape index (κ3) is 5.30. The second-order valence-corrected chi connectivity index (χ2v) is 12.2. The Hall–Kier alpha value is -0.280. The van der Waals surface area contributed by atoms with Crippen molar-refractivity contribution in [3.63, 3.8) is 0 Å². The van der Waals surface area contributed by atoms with Crippen molar-refractivity contribution in [2.75, 3.05) is 0 Å². The lowest BCUT2D eigenvalue weighted by molar-refractivity contribution is -0.148. The first-order chi connectivity index (χ1) is 15.6. The van der Waals surface area contributed by atoms with Gasteiger partial charge in [0.05, 0.1) is 72.2 Å². The Bertz CT molecular complexity index is 615. The number of hydrogen-bond donors (Lipinski definition) is 2. The average Bonchev–Trinajstić information content (AvgIpc) is 3.56. The molecule has 0 saturated carbocycles. The molecule has 0 spiro atoms. The molecule has 5 rings (SSSR count). The summed E-state index contributed by atoms with van der Waals surface area (Å²) in [6.07, 6.45) is 10.5. The van der Waals surface area contributed by atoms with Crippen molar-refractivity contribution in [1.29, 1.82) is 0 Å². The molecule has 5 heterocycles. The highest BCUT2D eigenvalue weighted by Gasteiger charge is 2.47. The van der Waals surface area contributed by atoms with Gasteiger partial charge in [-0.25, -0.2) is 0 Å². The van der Waals surface area contributed by atoms with E-state index in [1.54, 1.807) is 0 Å². The van der Waals surface area contributed by atoms with Gasteiger partial charge in [-0.2, -0.15) is 0 Å². The molecule has 5 fully saturated rings. The van der Waals surface area contributed by atoms with Gasteiger partial charge in [-0.15, -0.1) is 0 Å². The molecule has 190 valence electrons. The van der Waals surface area contributed by atoms with Crippen molar-refractivity contribution >= 4 is 0 Å². The maximum atomic E-state index is 10.3. The molecule has 33 heavy (non-hydrogen) atoms. The summed E-state index contributed by atoms with van der Waals surface area (Å²) in [5, 5.41) is 20.5. The fourth-order valence-electron chi connectivity index (χ4n) is 6.62. The highest BCUT2D eigenvalue weighted by molar-refractivity contribution is 4.96. The molecule has 5 saturated heterocycles. The van der Waals surface area contributed by atoms with Crippen molar-refractivity contribution in [1.82, 2.24) is 0 Å². The van der Waals surface area contributed by atoms with E-state index in [1.807, 2.05) is 27.7 Å². The summed E-state index contributed by atoms with van der Waals surface area (Å²) in [6.45, 7) is 7.30. The predicted octanol–water partition coefficient (Wildman–Crippen LogP) is 3.27. The second-order valence-electron chi connectivity index (χ2n) is 12.2. The Kier molecular flexibility index (Phi) is 6.88. The van der Waals surface area contributed by atoms with E-state index < -0.39 is 11.2 Å². The Morgan fingerprint density at radius 1 is 0.394 bits per heavy atom. The van der Waals surface area contributed by atoms with Crippen LogP contribution in [-0.4, -0.2) is 82.5 Å². The number of ether oxygens (including phenoxy) is 5. The maximum absolute atomic E-state index is 10.3. The summed E-state index contributed by atoms with van der Waals surface area (Å²) in [4.78, 5) is 0. The summed E-state index contributed by atoms with van der Waals surface area (Å²) in [6, 6.07) is 0. The Morgan fingerprint density at radius 2 is 0.606 bits per heavy atom. The predicted molar refractivity (Wildman–Crippen MR) is 122 cm³/mol. The lowest BCUT2D eigenvalue weighted by atomic mass is 9.98. The Morgan fingerprint density at radius 3 is 0.818 bits per heavy atom. The van der Waals surface area contributed by atoms with E-state index in [-0.39, 0.29) is 61.0 Å². The van der Waals surface area contributed by atoms with Crippen LogP contribution in [0, 0.1) is 0 Å². The Balaban J connectivity index is 1.07. The summed E-state index contributed by atoms with van der Waals surface area (Å²) in [5.41, 5.74) is -1.60. The van der Waals surface area contributed by atoms with Gasteiger partial charge >= 0.3 is 0 Å². The van der Waals surface area contributed by atoms with E-state index in [1.165, 1.54) is 0 Å². The van der Waals surface area contributed by atoms with E-state index in [9.17, 15) is 10.2 Å². The van der Waals surface area contributed by atoms with Gasteiger partial charge < -0.3 is 33.9 Å². The van der Waals surface area contributed by atoms with Crippen molar-refractivity contribution in [3.05, 3.63) is 0 Å². The maximum Gasteiger partial charge on any atom is 0.0862 e. The third-order valence-corrected chi connectivity index (χ3v) is 8.60. The van der Waals surface area contributed by atoms with Gasteiger partial charge in [-0.05, 0) is 91.9 Å². The molecule has 0 amide bonds. The van der Waals surface area contributed by atoms with Crippen LogP contribution < -0.4 is 0 Å². The molecule has 0 aliphatic carbocycles. The zero-order chi connectivity index (χ0) is 23.4. The second kappa shape index (κ2) is 9.30. The van der Waals surface area contributed by atoms with Gasteiger partial charge in [0.2, 0.25) is 0 Å². The smallest absolute Gasteiger partial charge is 0.0862 e. The molecule has 10 atom stereocenters. The normalized spacial score (nSPS) is 47.1. The third-order valence-electron chi connectivity index (χ3n) is 8.60. The Labute approximate surface area is 198 Å². The molecular formula is C26H44O7. The summed E-state index contributed by atoms with van der Waals surface area (Å²) < 4.78 is 31.7. The fourth-order valence-corrected chi connectivity index (χ4v) is 6.62. The minimum atomic E-state index is -0.799. The van der Waals surface area contributed by atoms with Crippen LogP contribution in [-0.2, 0) is 23.7 Å². The SMILES string of the molecule is CC(C)(O)[C@@H]1CC[C@H]([C@@H]2CC[C@H]([C@@H]3CC[C@H]([C@@H]4CC[C@H]([C@@H]5CC[C@H](C(C)(C)O)O5)O4)O3)O2)O1. The van der Waals surface area contributed by atoms with Crippen LogP contribution in [0.4, 0.5) is 0 Å². The van der Waals surface area contributed by atoms with Gasteiger partial charge in [0.15, 0.2) is 0 Å². The van der Waals surface area contributed by atoms with E-state index in [4.69, 9.17) is 23.7 Å². The molecule has 0 aromatic rings. The van der Waals surface area contributed by atoms with E-state index in [0.29, 0.717) is 0 Å². The van der Waals surface area contributed by atoms with Crippen LogP contribution in [0.1, 0.15) is 91.9 Å². The van der Waals surface area contributed by atoms with Gasteiger partial charge in [0.25, 0.3) is 0 Å². The molecule has 7 heteroatoms. The molecule has 5 aliphatic rings. The first-order valence-corrected chi connectivity index (χ1v) is 13.3. The fraction of sp³-hybridized carbons (Fsp3) is 1.00. The van der Waals surface area contributed by atoms with Crippen LogP contribution in [0.15, 0.2) is 0 Å². The molecule has 0 aromatic carbocycles. The van der Waals surface area contributed by atoms with Crippen LogP contribution >= 0.6 is 0 Å². The van der Waals surface area contributed by atoms with E-state index in [0.717, 1.165) is 64.2 Å². The quantitative estimate of drug-likeness (QED) is 0.619. The standard InChI is InChI=1S/C26H44O7/c1-25(2,27)23-13-11-21(32-23)19-9-7-17(30-19)15-5-6-16(29-15)18-8-10-20(31-18)22-12-14-24(33-22)26(3,4)28/h15-24,27-28H,5-14H2,1-4H3/t15-,16+,17+,18-,19-,20+,21+,22-,23-,24+. The minimum Gasteiger partial charge on any atom is -0.388 e. The largest absolute Gasteiger partial charge is 0.388 e. The molecule has 2 N–H and O–H groups in total. The molecule has 0 aromatic heterocycles. The lowest BCUT2D eigenvalue weighted by Gasteiger charge is -2.28. The molecule has 0 bridgehead atoms. The van der Waals surface area contributed by atoms with Crippen LogP contribution in [0.25, 0.3) is 0 Å². The summed E-state index contributed by atoms with van der Waals surface area (Å²) >= 11 is 0. The highest BCUT2D eigenvalue weighted by Crippen LogP contribution is 2.41. The first kappa shape index (κ1) is 24.4. The highest BCUT2D eigenvalue weighted by atomic mass is 16.6. The molecular weight excluding hydrogens is 424 g/mol. The van der Waals surface area contributed by atoms with Crippen molar-refractivity contribution < 1.29 is 33.9 Å². The van der Waals surface area contributed by atoms with Gasteiger partial charge in [0, 0.05) is 0 Å². The molecule has 5 aliphatic heterocycles. The topological polar surface area (TPSA) is 86.6 Å². The van der Waals surface area contributed by atoms with Gasteiger partial charge in [0.1, 0.15) is 0 Å². The molecule has 0 radical (unpaired) electrons. The molecule has 7 nitrogen and oxygen atoms in total. The monoisotopic (exact) mass is 468 g/mol. The molecule has 0 unspecified atom stereocenters. The first-order valence-electron chi connectivity index (χ1n) is 13.3. The lowest BCUT2D eigenvalue weighted by Crippen LogP contribution is -2.38. The number of hydrogen-bond acceptors (Lipinski definition) is 7. The van der Waals surface area contributed by atoms with Crippen molar-refractivity contribution in [2.24, 2.45) is 0 Å². The number of aliphatic hydroxyl groups is 2. The minimum absolute atomic E-state index is 0.0849. The number of rotatable bonds is 6. The van der Waals surface area contributed by atoms with E-state index in [2.05, 4.69) is 0 Å². The van der Waals surface area contributed by atoms with Gasteiger partial charge in [-0.1, -0.05) is 0 Å².